The van der Waals surface area contributed by atoms with Gasteiger partial charge in [-0.2, -0.15) is 5.10 Å². The number of hydrogen-bond acceptors (Lipinski definition) is 5. The number of aryl methyl sites for hydroxylation is 1. The maximum Gasteiger partial charge on any atom is 0.138 e. The highest BCUT2D eigenvalue weighted by Gasteiger charge is 2.14. The number of fused-ring (bicyclic) bond motifs is 1. The smallest absolute Gasteiger partial charge is 0.138 e. The van der Waals surface area contributed by atoms with Crippen molar-refractivity contribution in [1.82, 2.24) is 30.0 Å². The molecule has 5 rings (SSSR count). The van der Waals surface area contributed by atoms with Crippen molar-refractivity contribution in [1.29, 1.82) is 0 Å². The maximum absolute atomic E-state index is 6.40. The molecule has 1 aliphatic heterocycles. The van der Waals surface area contributed by atoms with Gasteiger partial charge in [-0.15, -0.1) is 5.10 Å². The van der Waals surface area contributed by atoms with Gasteiger partial charge in [0.2, 0.25) is 0 Å². The number of benzene rings is 2. The van der Waals surface area contributed by atoms with Crippen LogP contribution in [-0.2, 0) is 6.54 Å². The van der Waals surface area contributed by atoms with E-state index in [2.05, 4.69) is 62.1 Å². The van der Waals surface area contributed by atoms with Crippen LogP contribution in [0.4, 0.5) is 0 Å². The molecule has 6 nitrogen and oxygen atoms in total. The summed E-state index contributed by atoms with van der Waals surface area (Å²) in [6.45, 7) is 7.30. The third kappa shape index (κ3) is 5.07. The van der Waals surface area contributed by atoms with Crippen molar-refractivity contribution in [2.75, 3.05) is 33.2 Å². The van der Waals surface area contributed by atoms with E-state index in [-0.39, 0.29) is 0 Å². The molecule has 2 aromatic heterocycles. The molecule has 7 heteroatoms. The molecule has 1 saturated heterocycles. The number of H-pyrrole nitrogens is 1. The van der Waals surface area contributed by atoms with Gasteiger partial charge in [-0.3, -0.25) is 4.90 Å². The summed E-state index contributed by atoms with van der Waals surface area (Å²) in [5, 5.41) is 8.73. The minimum atomic E-state index is 0.594. The fraction of sp³-hybridized carbons (Fsp3) is 0.269. The summed E-state index contributed by atoms with van der Waals surface area (Å²) in [7, 11) is 2.18. The zero-order valence-corrected chi connectivity index (χ0v) is 19.5. The lowest BCUT2D eigenvalue weighted by Crippen LogP contribution is -2.43. The predicted molar refractivity (Wildman–Crippen MR) is 132 cm³/mol. The number of nitrogens with zero attached hydrogens (tertiary/aromatic N) is 5. The van der Waals surface area contributed by atoms with Crippen LogP contribution in [0.5, 0.6) is 0 Å². The van der Waals surface area contributed by atoms with Gasteiger partial charge in [0.15, 0.2) is 0 Å². The Bertz CT molecular complexity index is 1340. The summed E-state index contributed by atoms with van der Waals surface area (Å²) in [6.07, 6.45) is 0. The number of hydrogen-bond donors (Lipinski definition) is 1. The zero-order valence-electron chi connectivity index (χ0n) is 18.8. The second-order valence-electron chi connectivity index (χ2n) is 8.52. The summed E-state index contributed by atoms with van der Waals surface area (Å²) in [5.74, 6) is 6.95. The lowest BCUT2D eigenvalue weighted by Gasteiger charge is -2.32. The van der Waals surface area contributed by atoms with Gasteiger partial charge < -0.3 is 9.88 Å². The van der Waals surface area contributed by atoms with E-state index in [1.165, 1.54) is 5.56 Å². The number of imidazole rings is 1. The first-order valence-electron chi connectivity index (χ1n) is 11.1. The molecule has 4 aromatic rings. The Morgan fingerprint density at radius 3 is 2.61 bits per heavy atom. The largest absolute Gasteiger partial charge is 0.338 e. The van der Waals surface area contributed by atoms with Crippen molar-refractivity contribution < 1.29 is 0 Å². The molecule has 0 aliphatic carbocycles. The van der Waals surface area contributed by atoms with E-state index in [1.54, 1.807) is 0 Å². The summed E-state index contributed by atoms with van der Waals surface area (Å²) in [5.41, 5.74) is 6.42. The number of aromatic nitrogens is 4. The molecule has 0 saturated carbocycles. The Morgan fingerprint density at radius 1 is 0.970 bits per heavy atom. The second-order valence-corrected chi connectivity index (χ2v) is 8.93. The number of likely N-dealkylation sites (N-methyl/N-ethyl adjacent to an activating group) is 1. The Balaban J connectivity index is 1.38. The Hall–Kier alpha value is -3.24. The summed E-state index contributed by atoms with van der Waals surface area (Å²) < 4.78 is 0. The fourth-order valence-corrected chi connectivity index (χ4v) is 4.09. The maximum atomic E-state index is 6.40. The molecule has 1 aliphatic rings. The summed E-state index contributed by atoms with van der Waals surface area (Å²) in [4.78, 5) is 13.1. The van der Waals surface area contributed by atoms with Gasteiger partial charge in [-0.05, 0) is 67.9 Å². The molecule has 166 valence electrons. The van der Waals surface area contributed by atoms with Crippen LogP contribution < -0.4 is 0 Å². The van der Waals surface area contributed by atoms with Gasteiger partial charge in [-0.1, -0.05) is 23.6 Å². The monoisotopic (exact) mass is 456 g/mol. The SMILES string of the molecule is Cc1ccc(C#Cc2cc(-c3nc4ccc(CN5CCN(C)CC5)cc4[nH]3)ccc2Cl)nn1. The molecule has 1 fully saturated rings. The highest BCUT2D eigenvalue weighted by molar-refractivity contribution is 6.31. The topological polar surface area (TPSA) is 60.9 Å². The van der Waals surface area contributed by atoms with Gasteiger partial charge in [0, 0.05) is 43.9 Å². The molecule has 3 heterocycles. The Kier molecular flexibility index (Phi) is 6.10. The quantitative estimate of drug-likeness (QED) is 0.470. The van der Waals surface area contributed by atoms with Crippen molar-refractivity contribution in [2.45, 2.75) is 13.5 Å². The zero-order chi connectivity index (χ0) is 22.8. The van der Waals surface area contributed by atoms with Crippen LogP contribution in [0.3, 0.4) is 0 Å². The van der Waals surface area contributed by atoms with Gasteiger partial charge in [0.25, 0.3) is 0 Å². The van der Waals surface area contributed by atoms with Crippen LogP contribution in [0.25, 0.3) is 22.4 Å². The molecule has 2 aromatic carbocycles. The lowest BCUT2D eigenvalue weighted by molar-refractivity contribution is 0.148. The average molecular weight is 457 g/mol. The number of nitrogens with one attached hydrogen (secondary N) is 1. The molecular formula is C26H25ClN6. The molecular weight excluding hydrogens is 432 g/mol. The van der Waals surface area contributed by atoms with Crippen LogP contribution in [0, 0.1) is 18.8 Å². The van der Waals surface area contributed by atoms with Crippen LogP contribution in [0.1, 0.15) is 22.5 Å². The van der Waals surface area contributed by atoms with E-state index >= 15 is 0 Å². The van der Waals surface area contributed by atoms with Crippen molar-refractivity contribution in [3.05, 3.63) is 76.1 Å². The average Bonchev–Trinajstić information content (AvgIpc) is 3.24. The highest BCUT2D eigenvalue weighted by atomic mass is 35.5. The first-order chi connectivity index (χ1) is 16.0. The molecule has 1 N–H and O–H groups in total. The first kappa shape index (κ1) is 21.6. The standard InChI is InChI=1S/C26H25ClN6/c1-18-3-7-22(31-30-18)8-5-20-16-21(6-9-23(20)27)26-28-24-10-4-19(15-25(24)29-26)17-33-13-11-32(2)12-14-33/h3-4,6-7,9-10,15-16H,11-14,17H2,1-2H3,(H,28,29). The first-order valence-corrected chi connectivity index (χ1v) is 11.4. The normalized spacial score (nSPS) is 14.9. The highest BCUT2D eigenvalue weighted by Crippen LogP contribution is 2.26. The number of piperazine rings is 1. The molecule has 0 spiro atoms. The minimum absolute atomic E-state index is 0.594. The molecule has 33 heavy (non-hydrogen) atoms. The van der Waals surface area contributed by atoms with E-state index in [0.717, 1.165) is 66.4 Å². The van der Waals surface area contributed by atoms with Crippen molar-refractivity contribution in [3.8, 4) is 23.2 Å². The van der Waals surface area contributed by atoms with E-state index < -0.39 is 0 Å². The van der Waals surface area contributed by atoms with Gasteiger partial charge in [0.1, 0.15) is 11.5 Å². The van der Waals surface area contributed by atoms with E-state index in [1.807, 2.05) is 37.3 Å². The fourth-order valence-electron chi connectivity index (χ4n) is 3.92. The predicted octanol–water partition coefficient (Wildman–Crippen LogP) is 4.13. The molecule has 0 radical (unpaired) electrons. The van der Waals surface area contributed by atoms with E-state index in [9.17, 15) is 0 Å². The van der Waals surface area contributed by atoms with Crippen molar-refractivity contribution in [3.63, 3.8) is 0 Å². The lowest BCUT2D eigenvalue weighted by atomic mass is 10.1. The number of aromatic amines is 1. The van der Waals surface area contributed by atoms with Crippen molar-refractivity contribution >= 4 is 22.6 Å². The molecule has 0 bridgehead atoms. The summed E-state index contributed by atoms with van der Waals surface area (Å²) >= 11 is 6.40. The number of rotatable bonds is 3. The van der Waals surface area contributed by atoms with Gasteiger partial charge in [0.05, 0.1) is 21.7 Å². The Labute approximate surface area is 198 Å². The molecule has 0 atom stereocenters. The minimum Gasteiger partial charge on any atom is -0.338 e. The summed E-state index contributed by atoms with van der Waals surface area (Å²) in [6, 6.07) is 16.0. The van der Waals surface area contributed by atoms with Gasteiger partial charge in [-0.25, -0.2) is 4.98 Å². The Morgan fingerprint density at radius 2 is 1.82 bits per heavy atom. The van der Waals surface area contributed by atoms with Crippen LogP contribution in [0.2, 0.25) is 5.02 Å². The third-order valence-electron chi connectivity index (χ3n) is 5.91. The second kappa shape index (κ2) is 9.32. The van der Waals surface area contributed by atoms with Crippen LogP contribution in [0.15, 0.2) is 48.5 Å². The number of halogens is 1. The molecule has 0 amide bonds. The van der Waals surface area contributed by atoms with Gasteiger partial charge >= 0.3 is 0 Å². The van der Waals surface area contributed by atoms with E-state index in [4.69, 9.17) is 16.6 Å². The van der Waals surface area contributed by atoms with Crippen molar-refractivity contribution in [2.24, 2.45) is 0 Å². The third-order valence-corrected chi connectivity index (χ3v) is 6.24. The van der Waals surface area contributed by atoms with E-state index in [0.29, 0.717) is 10.7 Å². The van der Waals surface area contributed by atoms with Crippen LogP contribution >= 0.6 is 11.6 Å². The molecule has 0 unspecified atom stereocenters. The van der Waals surface area contributed by atoms with Crippen LogP contribution in [-0.4, -0.2) is 63.2 Å².